The second-order valence-electron chi connectivity index (χ2n) is 5.14. The molecule has 0 bridgehead atoms. The molecule has 1 aromatic heterocycles. The molecule has 1 N–H and O–H groups in total. The lowest BCUT2D eigenvalue weighted by atomic mass is 9.98. The maximum Gasteiger partial charge on any atom is 0.0948 e. The number of nitrogens with one attached hydrogen (secondary N) is 1. The number of hydrogen-bond acceptors (Lipinski definition) is 2. The Morgan fingerprint density at radius 1 is 1.33 bits per heavy atom. The molecule has 0 amide bonds. The van der Waals surface area contributed by atoms with Gasteiger partial charge in [-0.05, 0) is 11.5 Å². The summed E-state index contributed by atoms with van der Waals surface area (Å²) in [4.78, 5) is 4.31. The molecular formula is C15H19N3. The van der Waals surface area contributed by atoms with Crippen LogP contribution in [0.2, 0.25) is 0 Å². The molecule has 3 rings (SSSR count). The molecule has 0 radical (unpaired) electrons. The van der Waals surface area contributed by atoms with E-state index in [9.17, 15) is 0 Å². The summed E-state index contributed by atoms with van der Waals surface area (Å²) >= 11 is 0. The normalized spacial score (nSPS) is 17.4. The van der Waals surface area contributed by atoms with Gasteiger partial charge in [0.2, 0.25) is 0 Å². The Balaban J connectivity index is 1.74. The maximum absolute atomic E-state index is 4.31. The van der Waals surface area contributed by atoms with Crippen molar-refractivity contribution in [2.75, 3.05) is 13.1 Å². The smallest absolute Gasteiger partial charge is 0.0948 e. The Kier molecular flexibility index (Phi) is 3.15. The van der Waals surface area contributed by atoms with E-state index < -0.39 is 0 Å². The summed E-state index contributed by atoms with van der Waals surface area (Å²) in [6.45, 7) is 5.46. The number of aromatic nitrogens is 2. The van der Waals surface area contributed by atoms with Crippen LogP contribution in [0.3, 0.4) is 0 Å². The molecule has 0 aliphatic carbocycles. The quantitative estimate of drug-likeness (QED) is 0.890. The third-order valence-corrected chi connectivity index (χ3v) is 3.78. The molecule has 18 heavy (non-hydrogen) atoms. The van der Waals surface area contributed by atoms with E-state index in [0.717, 1.165) is 19.6 Å². The van der Waals surface area contributed by atoms with Gasteiger partial charge >= 0.3 is 0 Å². The molecule has 1 saturated heterocycles. The highest BCUT2D eigenvalue weighted by molar-refractivity contribution is 5.19. The first-order valence-electron chi connectivity index (χ1n) is 6.60. The Bertz CT molecular complexity index is 499. The molecule has 3 heteroatoms. The summed E-state index contributed by atoms with van der Waals surface area (Å²) in [5, 5.41) is 3.32. The van der Waals surface area contributed by atoms with Crippen LogP contribution in [0.15, 0.2) is 42.9 Å². The number of benzene rings is 1. The fourth-order valence-corrected chi connectivity index (χ4v) is 2.50. The molecule has 1 unspecified atom stereocenters. The maximum atomic E-state index is 4.31. The van der Waals surface area contributed by atoms with Crippen LogP contribution in [0.25, 0.3) is 0 Å². The van der Waals surface area contributed by atoms with Crippen LogP contribution >= 0.6 is 0 Å². The molecule has 1 aliphatic heterocycles. The minimum Gasteiger partial charge on any atom is -0.334 e. The van der Waals surface area contributed by atoms with E-state index in [1.165, 1.54) is 11.3 Å². The lowest BCUT2D eigenvalue weighted by Crippen LogP contribution is -2.41. The Labute approximate surface area is 108 Å². The molecule has 3 nitrogen and oxygen atoms in total. The van der Waals surface area contributed by atoms with E-state index >= 15 is 0 Å². The summed E-state index contributed by atoms with van der Waals surface area (Å²) in [5.74, 6) is 1.17. The number of rotatable bonds is 4. The molecule has 1 fully saturated rings. The van der Waals surface area contributed by atoms with Gasteiger partial charge in [0.1, 0.15) is 0 Å². The van der Waals surface area contributed by atoms with Gasteiger partial charge in [0.05, 0.1) is 6.33 Å². The van der Waals surface area contributed by atoms with Crippen LogP contribution in [-0.4, -0.2) is 22.6 Å². The van der Waals surface area contributed by atoms with Crippen LogP contribution in [0.5, 0.6) is 0 Å². The van der Waals surface area contributed by atoms with Gasteiger partial charge in [-0.1, -0.05) is 37.3 Å². The van der Waals surface area contributed by atoms with E-state index in [4.69, 9.17) is 0 Å². The molecule has 2 aromatic rings. The number of hydrogen-bond donors (Lipinski definition) is 1. The van der Waals surface area contributed by atoms with Crippen LogP contribution < -0.4 is 5.32 Å². The zero-order valence-corrected chi connectivity index (χ0v) is 10.7. The van der Waals surface area contributed by atoms with E-state index in [2.05, 4.69) is 52.1 Å². The third-order valence-electron chi connectivity index (χ3n) is 3.78. The van der Waals surface area contributed by atoms with Crippen molar-refractivity contribution in [3.63, 3.8) is 0 Å². The summed E-state index contributed by atoms with van der Waals surface area (Å²) in [6.07, 6.45) is 3.98. The summed E-state index contributed by atoms with van der Waals surface area (Å²) in [6, 6.07) is 10.7. The van der Waals surface area contributed by atoms with Gasteiger partial charge < -0.3 is 9.88 Å². The van der Waals surface area contributed by atoms with Crippen molar-refractivity contribution < 1.29 is 0 Å². The van der Waals surface area contributed by atoms with Gasteiger partial charge in [-0.2, -0.15) is 0 Å². The van der Waals surface area contributed by atoms with Gasteiger partial charge in [-0.25, -0.2) is 4.98 Å². The standard InChI is InChI=1S/C15H19N3/c1-12(13-5-3-2-4-6-13)10-18-11-17-9-15(18)14-7-16-8-14/h2-6,9,11-12,14,16H,7-8,10H2,1H3. The highest BCUT2D eigenvalue weighted by Gasteiger charge is 2.22. The predicted molar refractivity (Wildman–Crippen MR) is 72.7 cm³/mol. The van der Waals surface area contributed by atoms with Crippen LogP contribution in [0, 0.1) is 0 Å². The number of nitrogens with zero attached hydrogens (tertiary/aromatic N) is 2. The van der Waals surface area contributed by atoms with Gasteiger partial charge in [-0.3, -0.25) is 0 Å². The van der Waals surface area contributed by atoms with E-state index in [0.29, 0.717) is 11.8 Å². The van der Waals surface area contributed by atoms with Crippen LogP contribution in [0.1, 0.15) is 30.0 Å². The second-order valence-corrected chi connectivity index (χ2v) is 5.14. The SMILES string of the molecule is CC(Cn1cncc1C1CNC1)c1ccccc1. The summed E-state index contributed by atoms with van der Waals surface area (Å²) in [7, 11) is 0. The van der Waals surface area contributed by atoms with Crippen molar-refractivity contribution in [3.8, 4) is 0 Å². The molecule has 94 valence electrons. The van der Waals surface area contributed by atoms with Crippen molar-refractivity contribution >= 4 is 0 Å². The van der Waals surface area contributed by atoms with Crippen LogP contribution in [0.4, 0.5) is 0 Å². The largest absolute Gasteiger partial charge is 0.334 e. The zero-order chi connectivity index (χ0) is 12.4. The monoisotopic (exact) mass is 241 g/mol. The van der Waals surface area contributed by atoms with Crippen molar-refractivity contribution in [3.05, 3.63) is 54.1 Å². The van der Waals surface area contributed by atoms with Crippen LogP contribution in [-0.2, 0) is 6.54 Å². The predicted octanol–water partition coefficient (Wildman–Crippen LogP) is 2.37. The van der Waals surface area contributed by atoms with Crippen molar-refractivity contribution in [1.29, 1.82) is 0 Å². The Morgan fingerprint density at radius 3 is 2.78 bits per heavy atom. The molecule has 0 spiro atoms. The fraction of sp³-hybridized carbons (Fsp3) is 0.400. The average Bonchev–Trinajstić information content (AvgIpc) is 2.76. The summed E-state index contributed by atoms with van der Waals surface area (Å²) < 4.78 is 2.31. The minimum atomic E-state index is 0.521. The van der Waals surface area contributed by atoms with Gasteiger partial charge in [0.15, 0.2) is 0 Å². The van der Waals surface area contributed by atoms with E-state index in [1.807, 2.05) is 12.5 Å². The zero-order valence-electron chi connectivity index (χ0n) is 10.7. The molecule has 1 atom stereocenters. The molecular weight excluding hydrogens is 222 g/mol. The van der Waals surface area contributed by atoms with Crippen molar-refractivity contribution in [2.24, 2.45) is 0 Å². The van der Waals surface area contributed by atoms with Gasteiger partial charge in [0.25, 0.3) is 0 Å². The molecule has 2 heterocycles. The fourth-order valence-electron chi connectivity index (χ4n) is 2.50. The van der Waals surface area contributed by atoms with E-state index in [-0.39, 0.29) is 0 Å². The lowest BCUT2D eigenvalue weighted by molar-refractivity contribution is 0.418. The highest BCUT2D eigenvalue weighted by Crippen LogP contribution is 2.23. The van der Waals surface area contributed by atoms with E-state index in [1.54, 1.807) is 0 Å². The Hall–Kier alpha value is -1.61. The topological polar surface area (TPSA) is 29.9 Å². The third kappa shape index (κ3) is 2.18. The highest BCUT2D eigenvalue weighted by atomic mass is 15.1. The van der Waals surface area contributed by atoms with Gasteiger partial charge in [0, 0.05) is 37.4 Å². The van der Waals surface area contributed by atoms with Crippen molar-refractivity contribution in [1.82, 2.24) is 14.9 Å². The van der Waals surface area contributed by atoms with Gasteiger partial charge in [-0.15, -0.1) is 0 Å². The molecule has 0 saturated carbocycles. The molecule has 1 aliphatic rings. The first-order chi connectivity index (χ1) is 8.84. The first kappa shape index (κ1) is 11.5. The molecule has 1 aromatic carbocycles. The Morgan fingerprint density at radius 2 is 2.11 bits per heavy atom. The van der Waals surface area contributed by atoms with Crippen molar-refractivity contribution in [2.45, 2.75) is 25.3 Å². The average molecular weight is 241 g/mol. The second kappa shape index (κ2) is 4.94. The first-order valence-corrected chi connectivity index (χ1v) is 6.60. The number of imidazole rings is 1. The summed E-state index contributed by atoms with van der Waals surface area (Å²) in [5.41, 5.74) is 2.76. The minimum absolute atomic E-state index is 0.521. The lowest BCUT2D eigenvalue weighted by Gasteiger charge is -2.28.